The van der Waals surface area contributed by atoms with Gasteiger partial charge in [-0.25, -0.2) is 4.79 Å². The molecule has 1 atom stereocenters. The van der Waals surface area contributed by atoms with E-state index in [1.54, 1.807) is 6.20 Å². The van der Waals surface area contributed by atoms with Crippen LogP contribution in [0.2, 0.25) is 0 Å². The number of benzene rings is 2. The predicted molar refractivity (Wildman–Crippen MR) is 117 cm³/mol. The lowest BCUT2D eigenvalue weighted by Crippen LogP contribution is -2.44. The number of carbonyl (C=O) groups is 1. The number of aromatic nitrogens is 2. The zero-order valence-electron chi connectivity index (χ0n) is 18.0. The summed E-state index contributed by atoms with van der Waals surface area (Å²) in [4.78, 5) is 19.0. The van der Waals surface area contributed by atoms with Gasteiger partial charge in [-0.3, -0.25) is 4.98 Å². The number of hydrogen-bond acceptors (Lipinski definition) is 4. The molecule has 2 aromatic carbocycles. The first-order valence-electron chi connectivity index (χ1n) is 10.6. The lowest BCUT2D eigenvalue weighted by Gasteiger charge is -2.42. The first-order chi connectivity index (χ1) is 14.8. The van der Waals surface area contributed by atoms with Gasteiger partial charge in [0.25, 0.3) is 0 Å². The molecule has 1 unspecified atom stereocenters. The molecule has 5 rings (SSSR count). The molecule has 3 aromatic rings. The quantitative estimate of drug-likeness (QED) is 0.435. The maximum Gasteiger partial charge on any atom is 0.410 e. The Hall–Kier alpha value is -3.41. The van der Waals surface area contributed by atoms with Gasteiger partial charge < -0.3 is 14.8 Å². The number of hydrogen-bond donors (Lipinski definition) is 0. The summed E-state index contributed by atoms with van der Waals surface area (Å²) in [5.74, 6) is 0. The summed E-state index contributed by atoms with van der Waals surface area (Å²) < 4.78 is 6.57. The van der Waals surface area contributed by atoms with Crippen LogP contribution in [0, 0.1) is 5.21 Å². The average molecular weight is 415 g/mol. The molecule has 0 N–H and O–H groups in total. The van der Waals surface area contributed by atoms with Crippen LogP contribution in [0.1, 0.15) is 43.5 Å². The molecule has 1 aliphatic carbocycles. The van der Waals surface area contributed by atoms with Gasteiger partial charge in [0.2, 0.25) is 5.69 Å². The second-order valence-corrected chi connectivity index (χ2v) is 9.18. The molecule has 0 bridgehead atoms. The van der Waals surface area contributed by atoms with Gasteiger partial charge in [-0.15, -0.1) is 0 Å². The minimum Gasteiger partial charge on any atom is -0.618 e. The summed E-state index contributed by atoms with van der Waals surface area (Å²) in [6, 6.07) is 12.4. The van der Waals surface area contributed by atoms with E-state index in [2.05, 4.69) is 29.2 Å². The summed E-state index contributed by atoms with van der Waals surface area (Å²) >= 11 is 0. The summed E-state index contributed by atoms with van der Waals surface area (Å²) in [7, 11) is 0. The number of amides is 1. The Kier molecular flexibility index (Phi) is 4.46. The van der Waals surface area contributed by atoms with E-state index < -0.39 is 5.60 Å². The third-order valence-electron chi connectivity index (χ3n) is 5.96. The first kappa shape index (κ1) is 19.5. The molecular formula is C25H25N3O3. The van der Waals surface area contributed by atoms with Crippen molar-refractivity contribution in [2.45, 2.75) is 45.3 Å². The summed E-state index contributed by atoms with van der Waals surface area (Å²) in [6.45, 7) is 6.26. The molecule has 0 saturated carbocycles. The van der Waals surface area contributed by atoms with Crippen LogP contribution in [0.15, 0.2) is 55.0 Å². The molecular weight excluding hydrogens is 390 g/mol. The molecule has 31 heavy (non-hydrogen) atoms. The summed E-state index contributed by atoms with van der Waals surface area (Å²) in [5.41, 5.74) is 6.60. The van der Waals surface area contributed by atoms with Crippen LogP contribution >= 0.6 is 0 Å². The maximum atomic E-state index is 13.0. The van der Waals surface area contributed by atoms with Gasteiger partial charge in [0.05, 0.1) is 17.8 Å². The van der Waals surface area contributed by atoms with E-state index >= 15 is 0 Å². The van der Waals surface area contributed by atoms with Crippen molar-refractivity contribution in [3.05, 3.63) is 76.9 Å². The highest BCUT2D eigenvalue weighted by atomic mass is 16.6. The SMILES string of the molecule is CC(C)(C)OC(=O)N1CCc2cc(-c3cncc[n+]3[O-])cc3c2C1Cc1ccccc1-3. The molecule has 6 nitrogen and oxygen atoms in total. The predicted octanol–water partition coefficient (Wildman–Crippen LogP) is 4.44. The molecule has 1 aromatic heterocycles. The number of carbonyl (C=O) groups excluding carboxylic acids is 1. The fourth-order valence-electron chi connectivity index (χ4n) is 4.71. The van der Waals surface area contributed by atoms with Crippen molar-refractivity contribution >= 4 is 6.09 Å². The van der Waals surface area contributed by atoms with Gasteiger partial charge in [-0.05, 0) is 73.6 Å². The monoisotopic (exact) mass is 415 g/mol. The van der Waals surface area contributed by atoms with Crippen LogP contribution in [0.3, 0.4) is 0 Å². The lowest BCUT2D eigenvalue weighted by molar-refractivity contribution is -0.594. The van der Waals surface area contributed by atoms with E-state index in [0.717, 1.165) is 27.8 Å². The smallest absolute Gasteiger partial charge is 0.410 e. The fraction of sp³-hybridized carbons (Fsp3) is 0.320. The summed E-state index contributed by atoms with van der Waals surface area (Å²) in [6.07, 6.45) is 5.70. The number of rotatable bonds is 1. The Morgan fingerprint density at radius 2 is 2.00 bits per heavy atom. The molecule has 2 aliphatic rings. The van der Waals surface area contributed by atoms with Crippen LogP contribution < -0.4 is 4.73 Å². The second kappa shape index (κ2) is 7.08. The van der Waals surface area contributed by atoms with Crippen molar-refractivity contribution in [1.29, 1.82) is 0 Å². The van der Waals surface area contributed by atoms with Crippen molar-refractivity contribution in [3.63, 3.8) is 0 Å². The van der Waals surface area contributed by atoms with Crippen LogP contribution in [-0.4, -0.2) is 28.1 Å². The van der Waals surface area contributed by atoms with Crippen LogP contribution in [0.4, 0.5) is 4.79 Å². The van der Waals surface area contributed by atoms with Crippen LogP contribution in [0.25, 0.3) is 22.4 Å². The van der Waals surface area contributed by atoms with E-state index in [-0.39, 0.29) is 12.1 Å². The molecule has 1 amide bonds. The highest BCUT2D eigenvalue weighted by Crippen LogP contribution is 2.46. The van der Waals surface area contributed by atoms with Gasteiger partial charge in [-0.2, -0.15) is 4.73 Å². The molecule has 0 spiro atoms. The average Bonchev–Trinajstić information content (AvgIpc) is 2.73. The Morgan fingerprint density at radius 1 is 1.19 bits per heavy atom. The minimum atomic E-state index is -0.543. The van der Waals surface area contributed by atoms with Crippen molar-refractivity contribution in [1.82, 2.24) is 9.88 Å². The Balaban J connectivity index is 1.67. The van der Waals surface area contributed by atoms with Gasteiger partial charge >= 0.3 is 6.09 Å². The van der Waals surface area contributed by atoms with E-state index in [4.69, 9.17) is 4.74 Å². The molecule has 158 valence electrons. The third-order valence-corrected chi connectivity index (χ3v) is 5.96. The highest BCUT2D eigenvalue weighted by molar-refractivity contribution is 5.81. The van der Waals surface area contributed by atoms with Gasteiger partial charge in [0.1, 0.15) is 11.8 Å². The topological polar surface area (TPSA) is 69.4 Å². The second-order valence-electron chi connectivity index (χ2n) is 9.18. The summed E-state index contributed by atoms with van der Waals surface area (Å²) in [5, 5.41) is 12.4. The minimum absolute atomic E-state index is 0.0779. The lowest BCUT2D eigenvalue weighted by atomic mass is 9.76. The van der Waals surface area contributed by atoms with E-state index in [1.165, 1.54) is 29.1 Å². The highest BCUT2D eigenvalue weighted by Gasteiger charge is 2.38. The Morgan fingerprint density at radius 3 is 2.77 bits per heavy atom. The van der Waals surface area contributed by atoms with Crippen LogP contribution in [-0.2, 0) is 17.6 Å². The Labute approximate surface area is 181 Å². The van der Waals surface area contributed by atoms with E-state index in [9.17, 15) is 10.0 Å². The number of nitrogens with zero attached hydrogens (tertiary/aromatic N) is 3. The molecule has 1 aliphatic heterocycles. The normalized spacial score (nSPS) is 17.0. The molecule has 0 radical (unpaired) electrons. The van der Waals surface area contributed by atoms with E-state index in [1.807, 2.05) is 37.8 Å². The number of fused-ring (bicyclic) bond motifs is 2. The number of ether oxygens (including phenoxy) is 1. The largest absolute Gasteiger partial charge is 0.618 e. The molecule has 0 fully saturated rings. The zero-order chi connectivity index (χ0) is 21.8. The van der Waals surface area contributed by atoms with Crippen LogP contribution in [0.5, 0.6) is 0 Å². The zero-order valence-corrected chi connectivity index (χ0v) is 18.0. The third kappa shape index (κ3) is 3.42. The Bertz CT molecular complexity index is 1180. The molecule has 0 saturated heterocycles. The first-order valence-corrected chi connectivity index (χ1v) is 10.6. The van der Waals surface area contributed by atoms with Gasteiger partial charge in [0, 0.05) is 6.54 Å². The van der Waals surface area contributed by atoms with Crippen molar-refractivity contribution in [2.75, 3.05) is 6.54 Å². The standard InChI is InChI=1S/C25H25N3O3/c1-25(2,3)31-24(29)27-10-8-17-12-18(22-15-26-9-11-28(22)30)13-20-19-7-5-4-6-16(19)14-21(27)23(17)20/h4-7,9,11-13,15,21H,8,10,14H2,1-3H3. The van der Waals surface area contributed by atoms with E-state index in [0.29, 0.717) is 18.7 Å². The van der Waals surface area contributed by atoms with Gasteiger partial charge in [0.15, 0.2) is 6.20 Å². The molecule has 6 heteroatoms. The molecule has 2 heterocycles. The fourth-order valence-corrected chi connectivity index (χ4v) is 4.71. The van der Waals surface area contributed by atoms with Crippen molar-refractivity contribution < 1.29 is 14.3 Å². The maximum absolute atomic E-state index is 13.0. The van der Waals surface area contributed by atoms with Gasteiger partial charge in [-0.1, -0.05) is 24.3 Å². The van der Waals surface area contributed by atoms with Crippen molar-refractivity contribution in [2.24, 2.45) is 0 Å². The van der Waals surface area contributed by atoms with Crippen molar-refractivity contribution in [3.8, 4) is 22.4 Å².